The molecule has 0 atom stereocenters. The Morgan fingerprint density at radius 3 is 2.17 bits per heavy atom. The highest BCUT2D eigenvalue weighted by atomic mass is 16.6. The number of benzene rings is 1. The van der Waals surface area contributed by atoms with Crippen molar-refractivity contribution in [3.05, 3.63) is 39.4 Å². The van der Waals surface area contributed by atoms with Crippen molar-refractivity contribution in [3.63, 3.8) is 0 Å². The molecular formula is C23H29N5O8. The van der Waals surface area contributed by atoms with E-state index < -0.39 is 28.4 Å². The zero-order chi connectivity index (χ0) is 26.6. The number of fused-ring (bicyclic) bond motifs is 1. The molecule has 1 N–H and O–H groups in total. The smallest absolute Gasteiger partial charge is 0.408 e. The zero-order valence-corrected chi connectivity index (χ0v) is 20.4. The second-order valence-electron chi connectivity index (χ2n) is 9.47. The SMILES string of the molecule is CC(C)(C)OC(=O)NCC(=O)N1CCN(C(=O)CCCN2C(=O)c3ccc([N+](=O)[O-])cc3C2=O)CC1. The third-order valence-corrected chi connectivity index (χ3v) is 5.71. The number of nitro benzene ring substituents is 1. The van der Waals surface area contributed by atoms with E-state index in [-0.39, 0.29) is 54.6 Å². The Labute approximate surface area is 207 Å². The number of imide groups is 1. The van der Waals surface area contributed by atoms with Crippen LogP contribution in [0.2, 0.25) is 0 Å². The molecule has 0 aliphatic carbocycles. The largest absolute Gasteiger partial charge is 0.444 e. The summed E-state index contributed by atoms with van der Waals surface area (Å²) in [7, 11) is 0. The van der Waals surface area contributed by atoms with Gasteiger partial charge in [0.25, 0.3) is 17.5 Å². The first-order valence-electron chi connectivity index (χ1n) is 11.5. The van der Waals surface area contributed by atoms with Crippen molar-refractivity contribution in [3.8, 4) is 0 Å². The Morgan fingerprint density at radius 1 is 1.00 bits per heavy atom. The minimum absolute atomic E-state index is 0.0116. The Morgan fingerprint density at radius 2 is 1.58 bits per heavy atom. The van der Waals surface area contributed by atoms with Gasteiger partial charge in [-0.2, -0.15) is 0 Å². The van der Waals surface area contributed by atoms with Gasteiger partial charge in [0.15, 0.2) is 0 Å². The maximum absolute atomic E-state index is 12.6. The van der Waals surface area contributed by atoms with Crippen LogP contribution in [0.1, 0.15) is 54.3 Å². The third kappa shape index (κ3) is 6.34. The lowest BCUT2D eigenvalue weighted by molar-refractivity contribution is -0.384. The second kappa shape index (κ2) is 10.7. The average molecular weight is 504 g/mol. The van der Waals surface area contributed by atoms with Gasteiger partial charge in [0, 0.05) is 51.3 Å². The van der Waals surface area contributed by atoms with E-state index in [1.54, 1.807) is 30.6 Å². The summed E-state index contributed by atoms with van der Waals surface area (Å²) in [6.07, 6.45) is -0.339. The van der Waals surface area contributed by atoms with Crippen molar-refractivity contribution in [2.24, 2.45) is 0 Å². The van der Waals surface area contributed by atoms with Crippen LogP contribution in [-0.4, -0.2) is 94.2 Å². The molecule has 194 valence electrons. The quantitative estimate of drug-likeness (QED) is 0.330. The molecule has 36 heavy (non-hydrogen) atoms. The molecule has 13 heteroatoms. The molecule has 2 aliphatic heterocycles. The molecular weight excluding hydrogens is 474 g/mol. The van der Waals surface area contributed by atoms with Crippen LogP contribution < -0.4 is 5.32 Å². The molecule has 3 rings (SSSR count). The van der Waals surface area contributed by atoms with Crippen LogP contribution in [0.25, 0.3) is 0 Å². The third-order valence-electron chi connectivity index (χ3n) is 5.71. The van der Waals surface area contributed by atoms with Gasteiger partial charge < -0.3 is 19.9 Å². The molecule has 0 saturated carbocycles. The van der Waals surface area contributed by atoms with Crippen molar-refractivity contribution in [2.75, 3.05) is 39.3 Å². The zero-order valence-electron chi connectivity index (χ0n) is 20.4. The molecule has 0 unspecified atom stereocenters. The van der Waals surface area contributed by atoms with E-state index in [0.717, 1.165) is 11.0 Å². The number of piperazine rings is 1. The number of hydrogen-bond acceptors (Lipinski definition) is 8. The summed E-state index contributed by atoms with van der Waals surface area (Å²) in [4.78, 5) is 76.1. The normalized spacial score (nSPS) is 15.6. The number of alkyl carbamates (subject to hydrolysis) is 1. The highest BCUT2D eigenvalue weighted by molar-refractivity contribution is 6.21. The van der Waals surface area contributed by atoms with Crippen molar-refractivity contribution in [1.82, 2.24) is 20.0 Å². The van der Waals surface area contributed by atoms with E-state index in [4.69, 9.17) is 4.74 Å². The van der Waals surface area contributed by atoms with Gasteiger partial charge in [0.1, 0.15) is 12.1 Å². The number of nitrogens with one attached hydrogen (secondary N) is 1. The predicted octanol–water partition coefficient (Wildman–Crippen LogP) is 1.17. The first kappa shape index (κ1) is 26.6. The number of carbonyl (C=O) groups is 5. The van der Waals surface area contributed by atoms with Gasteiger partial charge in [-0.1, -0.05) is 0 Å². The highest BCUT2D eigenvalue weighted by Gasteiger charge is 2.36. The topological polar surface area (TPSA) is 159 Å². The molecule has 0 aromatic heterocycles. The number of ether oxygens (including phenoxy) is 1. The number of nitro groups is 1. The Bertz CT molecular complexity index is 1090. The average Bonchev–Trinajstić information content (AvgIpc) is 3.05. The molecule has 13 nitrogen and oxygen atoms in total. The Balaban J connectivity index is 1.41. The summed E-state index contributed by atoms with van der Waals surface area (Å²) < 4.78 is 5.10. The fourth-order valence-corrected chi connectivity index (χ4v) is 3.92. The van der Waals surface area contributed by atoms with Gasteiger partial charge >= 0.3 is 6.09 Å². The number of nitrogens with zero attached hydrogens (tertiary/aromatic N) is 4. The lowest BCUT2D eigenvalue weighted by Crippen LogP contribution is -2.52. The molecule has 2 heterocycles. The molecule has 0 bridgehead atoms. The van der Waals surface area contributed by atoms with Crippen LogP contribution in [-0.2, 0) is 14.3 Å². The Hall–Kier alpha value is -4.03. The van der Waals surface area contributed by atoms with Gasteiger partial charge in [-0.15, -0.1) is 0 Å². The second-order valence-corrected chi connectivity index (χ2v) is 9.47. The molecule has 1 saturated heterocycles. The van der Waals surface area contributed by atoms with Gasteiger partial charge in [-0.05, 0) is 33.3 Å². The van der Waals surface area contributed by atoms with Crippen LogP contribution in [0.15, 0.2) is 18.2 Å². The summed E-state index contributed by atoms with van der Waals surface area (Å²) in [6, 6.07) is 3.53. The molecule has 1 aromatic rings. The van der Waals surface area contributed by atoms with E-state index >= 15 is 0 Å². The first-order valence-corrected chi connectivity index (χ1v) is 11.5. The van der Waals surface area contributed by atoms with Crippen LogP contribution in [0.3, 0.4) is 0 Å². The van der Waals surface area contributed by atoms with E-state index in [1.807, 2.05) is 0 Å². The van der Waals surface area contributed by atoms with Crippen molar-refractivity contribution >= 4 is 35.4 Å². The van der Waals surface area contributed by atoms with Gasteiger partial charge in [-0.25, -0.2) is 4.79 Å². The lowest BCUT2D eigenvalue weighted by Gasteiger charge is -2.35. The molecule has 1 fully saturated rings. The molecule has 2 aliphatic rings. The number of non-ortho nitro benzene ring substituents is 1. The first-order chi connectivity index (χ1) is 16.9. The number of amides is 5. The number of rotatable bonds is 7. The van der Waals surface area contributed by atoms with E-state index in [1.165, 1.54) is 12.1 Å². The summed E-state index contributed by atoms with van der Waals surface area (Å²) in [5.41, 5.74) is -0.842. The highest BCUT2D eigenvalue weighted by Crippen LogP contribution is 2.27. The standard InChI is InChI=1S/C23H29N5O8/c1-23(2,3)36-22(33)24-14-19(30)26-11-9-25(10-12-26)18(29)5-4-8-27-20(31)16-7-6-15(28(34)35)13-17(16)21(27)32/h6-7,13H,4-5,8-12,14H2,1-3H3,(H,24,33). The van der Waals surface area contributed by atoms with Crippen LogP contribution in [0, 0.1) is 10.1 Å². The predicted molar refractivity (Wildman–Crippen MR) is 125 cm³/mol. The molecule has 0 radical (unpaired) electrons. The molecule has 5 amide bonds. The van der Waals surface area contributed by atoms with Gasteiger partial charge in [0.2, 0.25) is 11.8 Å². The molecule has 1 aromatic carbocycles. The van der Waals surface area contributed by atoms with Gasteiger partial charge in [-0.3, -0.25) is 34.2 Å². The van der Waals surface area contributed by atoms with Gasteiger partial charge in [0.05, 0.1) is 16.1 Å². The minimum atomic E-state index is -0.680. The fraction of sp³-hybridized carbons (Fsp3) is 0.522. The maximum Gasteiger partial charge on any atom is 0.408 e. The monoisotopic (exact) mass is 503 g/mol. The fourth-order valence-electron chi connectivity index (χ4n) is 3.92. The van der Waals surface area contributed by atoms with Crippen molar-refractivity contribution in [2.45, 2.75) is 39.2 Å². The minimum Gasteiger partial charge on any atom is -0.444 e. The maximum atomic E-state index is 12.6. The summed E-state index contributed by atoms with van der Waals surface area (Å²) in [5.74, 6) is -1.59. The number of hydrogen-bond donors (Lipinski definition) is 1. The van der Waals surface area contributed by atoms with Crippen LogP contribution in [0.5, 0.6) is 0 Å². The Kier molecular flexibility index (Phi) is 7.90. The lowest BCUT2D eigenvalue weighted by atomic mass is 10.1. The van der Waals surface area contributed by atoms with Crippen molar-refractivity contribution in [1.29, 1.82) is 0 Å². The van der Waals surface area contributed by atoms with E-state index in [2.05, 4.69) is 5.32 Å². The van der Waals surface area contributed by atoms with Crippen LogP contribution in [0.4, 0.5) is 10.5 Å². The molecule has 0 spiro atoms. The summed E-state index contributed by atoms with van der Waals surface area (Å²) in [6.45, 7) is 6.26. The van der Waals surface area contributed by atoms with Crippen molar-refractivity contribution < 1.29 is 33.6 Å². The summed E-state index contributed by atoms with van der Waals surface area (Å²) >= 11 is 0. The summed E-state index contributed by atoms with van der Waals surface area (Å²) in [5, 5.41) is 13.4. The van der Waals surface area contributed by atoms with Crippen LogP contribution >= 0.6 is 0 Å². The number of carbonyl (C=O) groups excluding carboxylic acids is 5. The van der Waals surface area contributed by atoms with E-state index in [0.29, 0.717) is 26.2 Å². The van der Waals surface area contributed by atoms with E-state index in [9.17, 15) is 34.1 Å².